The molecule has 2 aromatic rings. The van der Waals surface area contributed by atoms with Gasteiger partial charge in [0, 0.05) is 25.2 Å². The van der Waals surface area contributed by atoms with Crippen LogP contribution < -0.4 is 10.2 Å². The molecule has 122 valence electrons. The van der Waals surface area contributed by atoms with E-state index in [9.17, 15) is 4.79 Å². The van der Waals surface area contributed by atoms with E-state index in [4.69, 9.17) is 0 Å². The standard InChI is InChI=1S/C15H21N7O/c1-11(2)20-15(23)12-4-3-5-21(7-12)13-6-14(18-9-17-13)22-10-16-8-19-22/h6,8-12H,3-5,7H2,1-2H3,(H,20,23). The van der Waals surface area contributed by atoms with Crippen LogP contribution in [0.1, 0.15) is 26.7 Å². The van der Waals surface area contributed by atoms with Crippen LogP contribution in [0.25, 0.3) is 5.82 Å². The number of hydrogen-bond donors (Lipinski definition) is 1. The Labute approximate surface area is 135 Å². The van der Waals surface area contributed by atoms with Gasteiger partial charge in [-0.3, -0.25) is 4.79 Å². The highest BCUT2D eigenvalue weighted by Crippen LogP contribution is 2.22. The monoisotopic (exact) mass is 315 g/mol. The largest absolute Gasteiger partial charge is 0.356 e. The summed E-state index contributed by atoms with van der Waals surface area (Å²) in [6.07, 6.45) is 6.47. The minimum atomic E-state index is -0.00376. The second kappa shape index (κ2) is 6.72. The molecule has 1 atom stereocenters. The van der Waals surface area contributed by atoms with Crippen molar-refractivity contribution in [1.29, 1.82) is 0 Å². The third-order valence-corrected chi connectivity index (χ3v) is 3.84. The lowest BCUT2D eigenvalue weighted by Crippen LogP contribution is -2.45. The third-order valence-electron chi connectivity index (χ3n) is 3.84. The van der Waals surface area contributed by atoms with Crippen molar-refractivity contribution in [3.8, 4) is 5.82 Å². The van der Waals surface area contributed by atoms with Crippen molar-refractivity contribution in [2.45, 2.75) is 32.7 Å². The molecule has 1 N–H and O–H groups in total. The number of carbonyl (C=O) groups excluding carboxylic acids is 1. The van der Waals surface area contributed by atoms with Gasteiger partial charge in [-0.2, -0.15) is 5.10 Å². The lowest BCUT2D eigenvalue weighted by Gasteiger charge is -2.33. The molecular formula is C15H21N7O. The first-order valence-electron chi connectivity index (χ1n) is 7.86. The second-order valence-electron chi connectivity index (χ2n) is 6.02. The fraction of sp³-hybridized carbons (Fsp3) is 0.533. The van der Waals surface area contributed by atoms with Crippen LogP contribution in [0.15, 0.2) is 25.0 Å². The summed E-state index contributed by atoms with van der Waals surface area (Å²) in [6.45, 7) is 5.52. The Morgan fingerprint density at radius 2 is 2.13 bits per heavy atom. The summed E-state index contributed by atoms with van der Waals surface area (Å²) >= 11 is 0. The molecule has 0 spiro atoms. The van der Waals surface area contributed by atoms with E-state index in [1.807, 2.05) is 19.9 Å². The molecule has 3 heterocycles. The Hall–Kier alpha value is -2.51. The maximum atomic E-state index is 12.2. The summed E-state index contributed by atoms with van der Waals surface area (Å²) in [6, 6.07) is 2.04. The van der Waals surface area contributed by atoms with Gasteiger partial charge in [-0.25, -0.2) is 19.6 Å². The molecule has 0 radical (unpaired) electrons. The van der Waals surface area contributed by atoms with Gasteiger partial charge >= 0.3 is 0 Å². The molecule has 8 nitrogen and oxygen atoms in total. The van der Waals surface area contributed by atoms with Gasteiger partial charge in [0.25, 0.3) is 0 Å². The average Bonchev–Trinajstić information content (AvgIpc) is 3.09. The molecule has 3 rings (SSSR count). The summed E-state index contributed by atoms with van der Waals surface area (Å²) in [7, 11) is 0. The number of nitrogens with zero attached hydrogens (tertiary/aromatic N) is 6. The van der Waals surface area contributed by atoms with E-state index in [1.165, 1.54) is 12.7 Å². The molecule has 23 heavy (non-hydrogen) atoms. The SMILES string of the molecule is CC(C)NC(=O)C1CCCN(c2cc(-n3cncn3)ncn2)C1. The van der Waals surface area contributed by atoms with Gasteiger partial charge in [-0.15, -0.1) is 0 Å². The van der Waals surface area contributed by atoms with Crippen LogP contribution >= 0.6 is 0 Å². The Kier molecular flexibility index (Phi) is 4.50. The van der Waals surface area contributed by atoms with Crippen LogP contribution in [0.5, 0.6) is 0 Å². The van der Waals surface area contributed by atoms with Crippen LogP contribution in [-0.4, -0.2) is 49.8 Å². The van der Waals surface area contributed by atoms with Crippen LogP contribution in [0, 0.1) is 5.92 Å². The summed E-state index contributed by atoms with van der Waals surface area (Å²) < 4.78 is 1.60. The number of aromatic nitrogens is 5. The zero-order chi connectivity index (χ0) is 16.2. The van der Waals surface area contributed by atoms with Crippen LogP contribution in [0.2, 0.25) is 0 Å². The number of carbonyl (C=O) groups is 1. The van der Waals surface area contributed by atoms with Gasteiger partial charge in [-0.1, -0.05) is 0 Å². The highest BCUT2D eigenvalue weighted by atomic mass is 16.2. The van der Waals surface area contributed by atoms with E-state index in [2.05, 4.69) is 30.3 Å². The van der Waals surface area contributed by atoms with Crippen molar-refractivity contribution in [1.82, 2.24) is 30.0 Å². The van der Waals surface area contributed by atoms with Crippen molar-refractivity contribution in [2.24, 2.45) is 5.92 Å². The Morgan fingerprint density at radius 3 is 2.87 bits per heavy atom. The molecule has 0 aromatic carbocycles. The molecular weight excluding hydrogens is 294 g/mol. The van der Waals surface area contributed by atoms with Gasteiger partial charge in [0.05, 0.1) is 5.92 Å². The molecule has 1 fully saturated rings. The van der Waals surface area contributed by atoms with E-state index >= 15 is 0 Å². The predicted molar refractivity (Wildman–Crippen MR) is 85.2 cm³/mol. The van der Waals surface area contributed by atoms with Gasteiger partial charge in [-0.05, 0) is 26.7 Å². The van der Waals surface area contributed by atoms with Crippen molar-refractivity contribution in [3.63, 3.8) is 0 Å². The van der Waals surface area contributed by atoms with Gasteiger partial charge in [0.15, 0.2) is 5.82 Å². The fourth-order valence-corrected chi connectivity index (χ4v) is 2.76. The summed E-state index contributed by atoms with van der Waals surface area (Å²) in [5, 5.41) is 7.08. The summed E-state index contributed by atoms with van der Waals surface area (Å²) in [4.78, 5) is 26.9. The molecule has 0 aliphatic carbocycles. The lowest BCUT2D eigenvalue weighted by molar-refractivity contribution is -0.125. The first-order valence-corrected chi connectivity index (χ1v) is 7.86. The van der Waals surface area contributed by atoms with Crippen molar-refractivity contribution >= 4 is 11.7 Å². The van der Waals surface area contributed by atoms with Crippen molar-refractivity contribution in [3.05, 3.63) is 25.0 Å². The minimum Gasteiger partial charge on any atom is -0.356 e. The molecule has 0 bridgehead atoms. The van der Waals surface area contributed by atoms with E-state index in [0.29, 0.717) is 12.4 Å². The number of anilines is 1. The Balaban J connectivity index is 1.74. The molecule has 1 amide bonds. The third kappa shape index (κ3) is 3.64. The first-order chi connectivity index (χ1) is 11.1. The molecule has 1 aliphatic rings. The smallest absolute Gasteiger partial charge is 0.225 e. The van der Waals surface area contributed by atoms with Crippen LogP contribution in [0.4, 0.5) is 5.82 Å². The highest BCUT2D eigenvalue weighted by Gasteiger charge is 2.27. The minimum absolute atomic E-state index is 0.00376. The van der Waals surface area contributed by atoms with E-state index in [1.54, 1.807) is 11.0 Å². The van der Waals surface area contributed by atoms with Crippen LogP contribution in [0.3, 0.4) is 0 Å². The molecule has 1 aliphatic heterocycles. The summed E-state index contributed by atoms with van der Waals surface area (Å²) in [5.41, 5.74) is 0. The fourth-order valence-electron chi connectivity index (χ4n) is 2.76. The molecule has 1 saturated heterocycles. The number of nitrogens with one attached hydrogen (secondary N) is 1. The predicted octanol–water partition coefficient (Wildman–Crippen LogP) is 0.798. The maximum Gasteiger partial charge on any atom is 0.225 e. The van der Waals surface area contributed by atoms with E-state index < -0.39 is 0 Å². The van der Waals surface area contributed by atoms with Gasteiger partial charge < -0.3 is 10.2 Å². The number of amides is 1. The number of rotatable bonds is 4. The molecule has 2 aromatic heterocycles. The molecule has 0 saturated carbocycles. The van der Waals surface area contributed by atoms with E-state index in [-0.39, 0.29) is 17.9 Å². The molecule has 1 unspecified atom stereocenters. The second-order valence-corrected chi connectivity index (χ2v) is 6.02. The highest BCUT2D eigenvalue weighted by molar-refractivity contribution is 5.79. The van der Waals surface area contributed by atoms with Crippen molar-refractivity contribution in [2.75, 3.05) is 18.0 Å². The summed E-state index contributed by atoms with van der Waals surface area (Å²) in [5.74, 6) is 1.60. The number of piperidine rings is 1. The number of hydrogen-bond acceptors (Lipinski definition) is 6. The Bertz CT molecular complexity index is 656. The molecule has 8 heteroatoms. The lowest BCUT2D eigenvalue weighted by atomic mass is 9.97. The maximum absolute atomic E-state index is 12.2. The van der Waals surface area contributed by atoms with Crippen LogP contribution in [-0.2, 0) is 4.79 Å². The topological polar surface area (TPSA) is 88.8 Å². The zero-order valence-electron chi connectivity index (χ0n) is 13.4. The normalized spacial score (nSPS) is 18.2. The Morgan fingerprint density at radius 1 is 1.30 bits per heavy atom. The van der Waals surface area contributed by atoms with Crippen molar-refractivity contribution < 1.29 is 4.79 Å². The average molecular weight is 315 g/mol. The van der Waals surface area contributed by atoms with Gasteiger partial charge in [0.2, 0.25) is 5.91 Å². The first kappa shape index (κ1) is 15.4. The quantitative estimate of drug-likeness (QED) is 0.897. The zero-order valence-corrected chi connectivity index (χ0v) is 13.4. The van der Waals surface area contributed by atoms with Gasteiger partial charge in [0.1, 0.15) is 24.8 Å². The van der Waals surface area contributed by atoms with E-state index in [0.717, 1.165) is 25.2 Å².